The van der Waals surface area contributed by atoms with Crippen molar-refractivity contribution in [3.8, 4) is 0 Å². The highest BCUT2D eigenvalue weighted by Gasteiger charge is 2.23. The van der Waals surface area contributed by atoms with Crippen LogP contribution in [0.5, 0.6) is 0 Å². The third-order valence-electron chi connectivity index (χ3n) is 2.42. The van der Waals surface area contributed by atoms with E-state index in [1.165, 1.54) is 0 Å². The lowest BCUT2D eigenvalue weighted by Crippen LogP contribution is -2.43. The number of carbonyl (C=O) groups is 2. The van der Waals surface area contributed by atoms with Crippen LogP contribution in [-0.4, -0.2) is 43.5 Å². The molecule has 0 fully saturated rings. The van der Waals surface area contributed by atoms with Crippen LogP contribution in [-0.2, 0) is 19.0 Å². The molecule has 0 aromatic carbocycles. The van der Waals surface area contributed by atoms with Crippen molar-refractivity contribution in [1.29, 1.82) is 0 Å². The minimum atomic E-state index is -0.680. The topological polar surface area (TPSA) is 73.9 Å². The van der Waals surface area contributed by atoms with E-state index in [-0.39, 0.29) is 24.7 Å². The Kier molecular flexibility index (Phi) is 9.01. The zero-order valence-electron chi connectivity index (χ0n) is 14.0. The molecule has 124 valence electrons. The molecule has 0 aliphatic rings. The quantitative estimate of drug-likeness (QED) is 0.551. The zero-order valence-corrected chi connectivity index (χ0v) is 14.0. The van der Waals surface area contributed by atoms with Crippen LogP contribution in [0.25, 0.3) is 0 Å². The molecular formula is C15H29NO5. The number of hydrogen-bond acceptors (Lipinski definition) is 5. The third kappa shape index (κ3) is 11.1. The normalized spacial score (nSPS) is 12.9. The zero-order chi connectivity index (χ0) is 16.5. The van der Waals surface area contributed by atoms with E-state index in [2.05, 4.69) is 5.32 Å². The molecule has 0 spiro atoms. The van der Waals surface area contributed by atoms with Gasteiger partial charge in [-0.05, 0) is 40.0 Å². The summed E-state index contributed by atoms with van der Waals surface area (Å²) in [6.45, 7) is 12.2. The molecule has 1 N–H and O–H groups in total. The van der Waals surface area contributed by atoms with E-state index >= 15 is 0 Å². The molecule has 6 nitrogen and oxygen atoms in total. The van der Waals surface area contributed by atoms with Crippen LogP contribution in [0.2, 0.25) is 0 Å². The van der Waals surface area contributed by atoms with E-state index < -0.39 is 18.1 Å². The Balaban J connectivity index is 4.18. The number of alkyl carbamates (subject to hydrolysis) is 1. The molecule has 1 amide bonds. The average Bonchev–Trinajstić information content (AvgIpc) is 2.32. The molecule has 21 heavy (non-hydrogen) atoms. The van der Waals surface area contributed by atoms with Crippen molar-refractivity contribution < 1.29 is 23.8 Å². The smallest absolute Gasteiger partial charge is 0.407 e. The molecule has 0 aliphatic carbocycles. The lowest BCUT2D eigenvalue weighted by Gasteiger charge is -2.20. The number of rotatable bonds is 8. The predicted molar refractivity (Wildman–Crippen MR) is 80.1 cm³/mol. The fourth-order valence-corrected chi connectivity index (χ4v) is 1.59. The summed E-state index contributed by atoms with van der Waals surface area (Å²) in [5, 5.41) is 2.54. The van der Waals surface area contributed by atoms with Gasteiger partial charge in [-0.3, -0.25) is 0 Å². The Morgan fingerprint density at radius 1 is 1.10 bits per heavy atom. The van der Waals surface area contributed by atoms with Gasteiger partial charge in [0.15, 0.2) is 0 Å². The summed E-state index contributed by atoms with van der Waals surface area (Å²) in [6.07, 6.45) is -0.127. The maximum Gasteiger partial charge on any atom is 0.407 e. The molecule has 0 unspecified atom stereocenters. The monoisotopic (exact) mass is 303 g/mol. The summed E-state index contributed by atoms with van der Waals surface area (Å²) in [7, 11) is 0. The molecule has 0 saturated heterocycles. The van der Waals surface area contributed by atoms with Gasteiger partial charge in [0.2, 0.25) is 0 Å². The van der Waals surface area contributed by atoms with Gasteiger partial charge in [-0.2, -0.15) is 0 Å². The first-order chi connectivity index (χ1) is 9.65. The average molecular weight is 303 g/mol. The first-order valence-corrected chi connectivity index (χ1v) is 7.39. The maximum atomic E-state index is 11.8. The van der Waals surface area contributed by atoms with Crippen molar-refractivity contribution in [1.82, 2.24) is 5.32 Å². The molecule has 0 bridgehead atoms. The van der Waals surface area contributed by atoms with Gasteiger partial charge >= 0.3 is 12.1 Å². The number of amides is 1. The Morgan fingerprint density at radius 3 is 2.19 bits per heavy atom. The summed E-state index contributed by atoms with van der Waals surface area (Å²) < 4.78 is 15.4. The van der Waals surface area contributed by atoms with Gasteiger partial charge in [0.25, 0.3) is 0 Å². The van der Waals surface area contributed by atoms with Crippen molar-refractivity contribution in [2.75, 3.05) is 19.8 Å². The first kappa shape index (κ1) is 19.7. The molecule has 0 aliphatic heterocycles. The molecule has 0 heterocycles. The molecule has 0 aromatic rings. The van der Waals surface area contributed by atoms with Gasteiger partial charge in [-0.15, -0.1) is 0 Å². The highest BCUT2D eigenvalue weighted by Crippen LogP contribution is 2.08. The summed E-state index contributed by atoms with van der Waals surface area (Å²) in [4.78, 5) is 23.4. The van der Waals surface area contributed by atoms with Crippen LogP contribution in [0.4, 0.5) is 4.79 Å². The lowest BCUT2D eigenvalue weighted by molar-refractivity contribution is -0.146. The minimum absolute atomic E-state index is 0.139. The van der Waals surface area contributed by atoms with Gasteiger partial charge in [-0.1, -0.05) is 13.8 Å². The Bertz CT molecular complexity index is 323. The molecule has 1 atom stereocenters. The molecule has 6 heteroatoms. The molecule has 0 aromatic heterocycles. The maximum absolute atomic E-state index is 11.8. The highest BCUT2D eigenvalue weighted by molar-refractivity contribution is 5.81. The highest BCUT2D eigenvalue weighted by atomic mass is 16.6. The van der Waals surface area contributed by atoms with Gasteiger partial charge in [0.05, 0.1) is 18.8 Å². The second-order valence-corrected chi connectivity index (χ2v) is 6.18. The first-order valence-electron chi connectivity index (χ1n) is 7.39. The number of carbonyl (C=O) groups excluding carboxylic acids is 2. The molecule has 0 radical (unpaired) electrons. The fourth-order valence-electron chi connectivity index (χ4n) is 1.59. The van der Waals surface area contributed by atoms with Crippen molar-refractivity contribution in [2.45, 2.75) is 59.6 Å². The lowest BCUT2D eigenvalue weighted by atomic mass is 10.0. The number of esters is 1. The number of ether oxygens (including phenoxy) is 3. The SMILES string of the molecule is CCOC(=O)[C@H](CC(C)C)NC(=O)OCCOC(C)(C)C. The van der Waals surface area contributed by atoms with E-state index in [4.69, 9.17) is 14.2 Å². The van der Waals surface area contributed by atoms with Crippen LogP contribution >= 0.6 is 0 Å². The van der Waals surface area contributed by atoms with E-state index in [1.807, 2.05) is 34.6 Å². The van der Waals surface area contributed by atoms with Crippen LogP contribution < -0.4 is 5.32 Å². The summed E-state index contributed by atoms with van der Waals surface area (Å²) in [5.41, 5.74) is -0.273. The number of hydrogen-bond donors (Lipinski definition) is 1. The largest absolute Gasteiger partial charge is 0.464 e. The van der Waals surface area contributed by atoms with E-state index in [0.717, 1.165) is 0 Å². The second-order valence-electron chi connectivity index (χ2n) is 6.18. The standard InChI is InChI=1S/C15H29NO5/c1-7-19-13(17)12(10-11(2)3)16-14(18)20-8-9-21-15(4,5)6/h11-12H,7-10H2,1-6H3,(H,16,18)/t12-/m0/s1. The van der Waals surface area contributed by atoms with Crippen molar-refractivity contribution in [3.63, 3.8) is 0 Å². The van der Waals surface area contributed by atoms with Gasteiger partial charge in [0, 0.05) is 0 Å². The third-order valence-corrected chi connectivity index (χ3v) is 2.42. The number of nitrogens with one attached hydrogen (secondary N) is 1. The fraction of sp³-hybridized carbons (Fsp3) is 0.867. The van der Waals surface area contributed by atoms with Crippen LogP contribution in [0.3, 0.4) is 0 Å². The Hall–Kier alpha value is -1.30. The molecular weight excluding hydrogens is 274 g/mol. The Morgan fingerprint density at radius 2 is 1.71 bits per heavy atom. The summed E-state index contributed by atoms with van der Waals surface area (Å²) in [6, 6.07) is -0.680. The van der Waals surface area contributed by atoms with Crippen molar-refractivity contribution in [2.24, 2.45) is 5.92 Å². The molecule has 0 rings (SSSR count). The van der Waals surface area contributed by atoms with Gasteiger partial charge < -0.3 is 19.5 Å². The van der Waals surface area contributed by atoms with Crippen LogP contribution in [0.1, 0.15) is 48.0 Å². The minimum Gasteiger partial charge on any atom is -0.464 e. The van der Waals surface area contributed by atoms with E-state index in [1.54, 1.807) is 6.92 Å². The summed E-state index contributed by atoms with van der Waals surface area (Å²) >= 11 is 0. The predicted octanol–water partition coefficient (Wildman–Crippen LogP) is 2.51. The van der Waals surface area contributed by atoms with Crippen molar-refractivity contribution >= 4 is 12.1 Å². The van der Waals surface area contributed by atoms with Gasteiger partial charge in [-0.25, -0.2) is 9.59 Å². The van der Waals surface area contributed by atoms with Gasteiger partial charge in [0.1, 0.15) is 12.6 Å². The van der Waals surface area contributed by atoms with Crippen LogP contribution in [0.15, 0.2) is 0 Å². The summed E-state index contributed by atoms with van der Waals surface area (Å²) in [5.74, 6) is -0.182. The van der Waals surface area contributed by atoms with E-state index in [9.17, 15) is 9.59 Å². The second kappa shape index (κ2) is 9.60. The van der Waals surface area contributed by atoms with Crippen molar-refractivity contribution in [3.05, 3.63) is 0 Å². The molecule has 0 saturated carbocycles. The Labute approximate surface area is 127 Å². The van der Waals surface area contributed by atoms with E-state index in [0.29, 0.717) is 13.0 Å². The van der Waals surface area contributed by atoms with Crippen LogP contribution in [0, 0.1) is 5.92 Å².